The van der Waals surface area contributed by atoms with Crippen LogP contribution in [0.25, 0.3) is 0 Å². The van der Waals surface area contributed by atoms with E-state index in [4.69, 9.17) is 0 Å². The number of rotatable bonds is 2. The highest BCUT2D eigenvalue weighted by molar-refractivity contribution is 7.99. The van der Waals surface area contributed by atoms with Crippen LogP contribution < -0.4 is 0 Å². The molecule has 2 rings (SSSR count). The van der Waals surface area contributed by atoms with Crippen molar-refractivity contribution in [3.63, 3.8) is 0 Å². The number of nitrogens with zero attached hydrogens (tertiary/aromatic N) is 1. The molecule has 0 amide bonds. The van der Waals surface area contributed by atoms with Crippen LogP contribution in [0.1, 0.15) is 0 Å². The van der Waals surface area contributed by atoms with Gasteiger partial charge in [-0.3, -0.25) is 0 Å². The highest BCUT2D eigenvalue weighted by atomic mass is 32.2. The smallest absolute Gasteiger partial charge is 0.207 e. The van der Waals surface area contributed by atoms with Crippen LogP contribution >= 0.6 is 11.8 Å². The number of benzene rings is 1. The Balaban J connectivity index is 2.27. The van der Waals surface area contributed by atoms with Gasteiger partial charge in [-0.1, -0.05) is 0 Å². The largest absolute Gasteiger partial charge is 0.243 e. The van der Waals surface area contributed by atoms with Crippen molar-refractivity contribution >= 4 is 21.8 Å². The van der Waals surface area contributed by atoms with Crippen LogP contribution in [0.2, 0.25) is 0 Å². The molecule has 0 spiro atoms. The number of thioether (sulfide) groups is 1. The summed E-state index contributed by atoms with van der Waals surface area (Å²) in [6.45, 7) is 1.06. The normalized spacial score (nSPS) is 18.6. The summed E-state index contributed by atoms with van der Waals surface area (Å²) >= 11 is 1.75. The van der Waals surface area contributed by atoms with Gasteiger partial charge in [-0.25, -0.2) is 12.8 Å². The zero-order valence-corrected chi connectivity index (χ0v) is 10.2. The van der Waals surface area contributed by atoms with E-state index in [1.54, 1.807) is 11.8 Å². The Morgan fingerprint density at radius 3 is 2.25 bits per heavy atom. The molecule has 0 bridgehead atoms. The molecule has 0 unspecified atom stereocenters. The van der Waals surface area contributed by atoms with Gasteiger partial charge < -0.3 is 0 Å². The fraction of sp³-hybridized carbons (Fsp3) is 0.400. The quantitative estimate of drug-likeness (QED) is 0.811. The summed E-state index contributed by atoms with van der Waals surface area (Å²) in [4.78, 5) is 0.167. The van der Waals surface area contributed by atoms with E-state index in [2.05, 4.69) is 0 Å². The lowest BCUT2D eigenvalue weighted by atomic mass is 10.4. The first-order valence-electron chi connectivity index (χ1n) is 4.94. The average Bonchev–Trinajstić information content (AvgIpc) is 2.31. The molecule has 1 saturated heterocycles. The van der Waals surface area contributed by atoms with Gasteiger partial charge in [0.1, 0.15) is 5.82 Å². The van der Waals surface area contributed by atoms with Gasteiger partial charge in [-0.05, 0) is 24.3 Å². The minimum Gasteiger partial charge on any atom is -0.207 e. The van der Waals surface area contributed by atoms with Crippen molar-refractivity contribution in [3.8, 4) is 0 Å². The maximum absolute atomic E-state index is 12.7. The first-order valence-corrected chi connectivity index (χ1v) is 7.53. The molecule has 0 N–H and O–H groups in total. The van der Waals surface area contributed by atoms with Crippen LogP contribution in [0.5, 0.6) is 0 Å². The molecule has 1 heterocycles. The summed E-state index contributed by atoms with van der Waals surface area (Å²) < 4.78 is 38.3. The summed E-state index contributed by atoms with van der Waals surface area (Å²) in [5.74, 6) is 1.22. The molecule has 1 fully saturated rings. The van der Waals surface area contributed by atoms with Gasteiger partial charge >= 0.3 is 0 Å². The van der Waals surface area contributed by atoms with Gasteiger partial charge in [0.25, 0.3) is 0 Å². The van der Waals surface area contributed by atoms with Crippen molar-refractivity contribution in [2.75, 3.05) is 24.6 Å². The van der Waals surface area contributed by atoms with Gasteiger partial charge in [-0.15, -0.1) is 0 Å². The van der Waals surface area contributed by atoms with Crippen molar-refractivity contribution in [2.24, 2.45) is 0 Å². The van der Waals surface area contributed by atoms with Crippen molar-refractivity contribution in [3.05, 3.63) is 30.1 Å². The molecule has 0 saturated carbocycles. The standard InChI is InChI=1S/C10H12FNO2S2/c11-9-1-3-10(4-2-9)16(13,14)12-5-7-15-8-6-12/h1-4H,5-8H2. The Morgan fingerprint density at radius 2 is 1.69 bits per heavy atom. The van der Waals surface area contributed by atoms with Crippen LogP contribution in [0.4, 0.5) is 4.39 Å². The summed E-state index contributed by atoms with van der Waals surface area (Å²) in [6.07, 6.45) is 0. The van der Waals surface area contributed by atoms with Crippen LogP contribution in [0.15, 0.2) is 29.2 Å². The summed E-state index contributed by atoms with van der Waals surface area (Å²) in [7, 11) is -3.43. The zero-order chi connectivity index (χ0) is 11.6. The maximum Gasteiger partial charge on any atom is 0.243 e. The fourth-order valence-electron chi connectivity index (χ4n) is 1.54. The van der Waals surface area contributed by atoms with Crippen molar-refractivity contribution in [1.29, 1.82) is 0 Å². The molecule has 1 aromatic carbocycles. The van der Waals surface area contributed by atoms with E-state index in [1.165, 1.54) is 28.6 Å². The number of halogens is 1. The van der Waals surface area contributed by atoms with E-state index in [9.17, 15) is 12.8 Å². The Morgan fingerprint density at radius 1 is 1.12 bits per heavy atom. The fourth-order valence-corrected chi connectivity index (χ4v) is 4.12. The van der Waals surface area contributed by atoms with Gasteiger partial charge in [0, 0.05) is 24.6 Å². The van der Waals surface area contributed by atoms with Crippen LogP contribution in [-0.2, 0) is 10.0 Å². The topological polar surface area (TPSA) is 37.4 Å². The molecule has 0 atom stereocenters. The third kappa shape index (κ3) is 2.39. The lowest BCUT2D eigenvalue weighted by molar-refractivity contribution is 0.443. The minimum atomic E-state index is -3.43. The minimum absolute atomic E-state index is 0.167. The van der Waals surface area contributed by atoms with Crippen LogP contribution in [0, 0.1) is 5.82 Å². The second-order valence-electron chi connectivity index (χ2n) is 3.47. The van der Waals surface area contributed by atoms with Crippen molar-refractivity contribution in [2.45, 2.75) is 4.90 Å². The van der Waals surface area contributed by atoms with E-state index in [1.807, 2.05) is 0 Å². The Labute approximate surface area is 98.7 Å². The number of hydrogen-bond acceptors (Lipinski definition) is 3. The molecule has 16 heavy (non-hydrogen) atoms. The van der Waals surface area contributed by atoms with Gasteiger partial charge in [-0.2, -0.15) is 16.1 Å². The molecule has 6 heteroatoms. The lowest BCUT2D eigenvalue weighted by Crippen LogP contribution is -2.37. The molecule has 88 valence electrons. The zero-order valence-electron chi connectivity index (χ0n) is 8.60. The SMILES string of the molecule is O=S(=O)(c1ccc(F)cc1)N1CCSCC1. The first-order chi connectivity index (χ1) is 7.60. The molecule has 0 radical (unpaired) electrons. The van der Waals surface area contributed by atoms with E-state index in [0.717, 1.165) is 11.5 Å². The molecule has 0 aromatic heterocycles. The predicted molar refractivity (Wildman–Crippen MR) is 62.5 cm³/mol. The molecular formula is C10H12FNO2S2. The van der Waals surface area contributed by atoms with E-state index in [0.29, 0.717) is 13.1 Å². The summed E-state index contributed by atoms with van der Waals surface area (Å²) in [5.41, 5.74) is 0. The summed E-state index contributed by atoms with van der Waals surface area (Å²) in [5, 5.41) is 0. The third-order valence-electron chi connectivity index (χ3n) is 2.42. The van der Waals surface area contributed by atoms with E-state index >= 15 is 0 Å². The van der Waals surface area contributed by atoms with Crippen LogP contribution in [0.3, 0.4) is 0 Å². The molecule has 1 aromatic rings. The highest BCUT2D eigenvalue weighted by Gasteiger charge is 2.25. The summed E-state index contributed by atoms with van der Waals surface area (Å²) in [6, 6.07) is 4.97. The maximum atomic E-state index is 12.7. The second-order valence-corrected chi connectivity index (χ2v) is 6.63. The molecule has 1 aliphatic heterocycles. The molecule has 3 nitrogen and oxygen atoms in total. The first kappa shape index (κ1) is 11.9. The number of hydrogen-bond donors (Lipinski definition) is 0. The Kier molecular flexibility index (Phi) is 3.51. The third-order valence-corrected chi connectivity index (χ3v) is 5.28. The van der Waals surface area contributed by atoms with E-state index in [-0.39, 0.29) is 4.90 Å². The molecule has 1 aliphatic rings. The van der Waals surface area contributed by atoms with Crippen molar-refractivity contribution < 1.29 is 12.8 Å². The highest BCUT2D eigenvalue weighted by Crippen LogP contribution is 2.20. The monoisotopic (exact) mass is 261 g/mol. The van der Waals surface area contributed by atoms with Crippen molar-refractivity contribution in [1.82, 2.24) is 4.31 Å². The number of sulfonamides is 1. The van der Waals surface area contributed by atoms with Gasteiger partial charge in [0.15, 0.2) is 0 Å². The van der Waals surface area contributed by atoms with Gasteiger partial charge in [0.2, 0.25) is 10.0 Å². The van der Waals surface area contributed by atoms with E-state index < -0.39 is 15.8 Å². The average molecular weight is 261 g/mol. The lowest BCUT2D eigenvalue weighted by Gasteiger charge is -2.25. The molecule has 0 aliphatic carbocycles. The second kappa shape index (κ2) is 4.73. The Hall–Kier alpha value is -0.590. The molecular weight excluding hydrogens is 249 g/mol. The van der Waals surface area contributed by atoms with Crippen LogP contribution in [-0.4, -0.2) is 37.3 Å². The predicted octanol–water partition coefficient (Wildman–Crippen LogP) is 1.56. The Bertz CT molecular complexity index is 452. The van der Waals surface area contributed by atoms with Gasteiger partial charge in [0.05, 0.1) is 4.90 Å².